The van der Waals surface area contributed by atoms with E-state index < -0.39 is 0 Å². The Balaban J connectivity index is 2.71. The highest BCUT2D eigenvalue weighted by Crippen LogP contribution is 2.28. The zero-order valence-electron chi connectivity index (χ0n) is 12.1. The molecule has 1 N–H and O–H groups in total. The van der Waals surface area contributed by atoms with Crippen molar-refractivity contribution < 1.29 is 9.47 Å². The van der Waals surface area contributed by atoms with Crippen molar-refractivity contribution in [3.8, 4) is 11.5 Å². The standard InChI is InChI=1S/C14H23ClN2O2/c1-10(2)7-11(8-15)17-9-12-14(19-4)13(18-3)5-6-16-12/h5-6,10-11,17H,7-9H2,1-4H3. The topological polar surface area (TPSA) is 43.4 Å². The van der Waals surface area contributed by atoms with Gasteiger partial charge in [0.05, 0.1) is 19.9 Å². The first-order valence-electron chi connectivity index (χ1n) is 6.47. The van der Waals surface area contributed by atoms with Gasteiger partial charge in [0.15, 0.2) is 11.5 Å². The maximum atomic E-state index is 5.97. The summed E-state index contributed by atoms with van der Waals surface area (Å²) < 4.78 is 10.6. The molecule has 0 aliphatic heterocycles. The third-order valence-electron chi connectivity index (χ3n) is 2.87. The molecule has 0 saturated carbocycles. The average molecular weight is 287 g/mol. The molecule has 0 amide bonds. The van der Waals surface area contributed by atoms with Crippen LogP contribution in [0.4, 0.5) is 0 Å². The van der Waals surface area contributed by atoms with E-state index >= 15 is 0 Å². The van der Waals surface area contributed by atoms with E-state index in [1.165, 1.54) is 0 Å². The van der Waals surface area contributed by atoms with Crippen molar-refractivity contribution in [2.75, 3.05) is 20.1 Å². The van der Waals surface area contributed by atoms with Gasteiger partial charge in [-0.2, -0.15) is 0 Å². The Labute approximate surface area is 120 Å². The molecule has 1 aromatic heterocycles. The highest BCUT2D eigenvalue weighted by molar-refractivity contribution is 6.18. The third-order valence-corrected chi connectivity index (χ3v) is 3.24. The predicted molar refractivity (Wildman–Crippen MR) is 78.1 cm³/mol. The van der Waals surface area contributed by atoms with Crippen LogP contribution in [-0.2, 0) is 6.54 Å². The number of hydrogen-bond acceptors (Lipinski definition) is 4. The number of pyridine rings is 1. The Morgan fingerprint density at radius 3 is 2.58 bits per heavy atom. The largest absolute Gasteiger partial charge is 0.493 e. The van der Waals surface area contributed by atoms with Crippen molar-refractivity contribution in [3.63, 3.8) is 0 Å². The molecule has 1 aromatic rings. The minimum absolute atomic E-state index is 0.277. The van der Waals surface area contributed by atoms with Crippen LogP contribution in [0.15, 0.2) is 12.3 Å². The molecule has 0 aliphatic carbocycles. The van der Waals surface area contributed by atoms with E-state index in [1.807, 2.05) is 0 Å². The van der Waals surface area contributed by atoms with E-state index in [9.17, 15) is 0 Å². The van der Waals surface area contributed by atoms with E-state index in [-0.39, 0.29) is 6.04 Å². The fraction of sp³-hybridized carbons (Fsp3) is 0.643. The molecule has 1 unspecified atom stereocenters. The molecular weight excluding hydrogens is 264 g/mol. The van der Waals surface area contributed by atoms with Crippen LogP contribution in [0.1, 0.15) is 26.0 Å². The molecule has 1 rings (SSSR count). The van der Waals surface area contributed by atoms with E-state index in [0.29, 0.717) is 29.8 Å². The van der Waals surface area contributed by atoms with Gasteiger partial charge in [0.2, 0.25) is 0 Å². The van der Waals surface area contributed by atoms with Crippen molar-refractivity contribution >= 4 is 11.6 Å². The quantitative estimate of drug-likeness (QED) is 0.746. The lowest BCUT2D eigenvalue weighted by atomic mass is 10.1. The van der Waals surface area contributed by atoms with Gasteiger partial charge < -0.3 is 14.8 Å². The van der Waals surface area contributed by atoms with Crippen molar-refractivity contribution in [2.45, 2.75) is 32.9 Å². The first-order valence-corrected chi connectivity index (χ1v) is 7.01. The van der Waals surface area contributed by atoms with Crippen molar-refractivity contribution in [1.29, 1.82) is 0 Å². The van der Waals surface area contributed by atoms with Gasteiger partial charge in [-0.05, 0) is 12.3 Å². The zero-order chi connectivity index (χ0) is 14.3. The molecule has 0 fully saturated rings. The molecule has 1 heterocycles. The molecule has 5 heteroatoms. The number of ether oxygens (including phenoxy) is 2. The normalized spacial score (nSPS) is 12.5. The highest BCUT2D eigenvalue weighted by Gasteiger charge is 2.14. The Hall–Kier alpha value is -1.00. The first-order chi connectivity index (χ1) is 9.12. The Morgan fingerprint density at radius 2 is 2.05 bits per heavy atom. The minimum atomic E-state index is 0.277. The van der Waals surface area contributed by atoms with Crippen LogP contribution in [0.5, 0.6) is 11.5 Å². The minimum Gasteiger partial charge on any atom is -0.493 e. The van der Waals surface area contributed by atoms with Crippen LogP contribution < -0.4 is 14.8 Å². The van der Waals surface area contributed by atoms with Crippen LogP contribution in [0.25, 0.3) is 0 Å². The van der Waals surface area contributed by atoms with Crippen LogP contribution >= 0.6 is 11.6 Å². The first kappa shape index (κ1) is 16.1. The monoisotopic (exact) mass is 286 g/mol. The SMILES string of the molecule is COc1ccnc(CNC(CCl)CC(C)C)c1OC. The zero-order valence-corrected chi connectivity index (χ0v) is 12.8. The van der Waals surface area contributed by atoms with Gasteiger partial charge in [-0.3, -0.25) is 4.98 Å². The second-order valence-corrected chi connectivity index (χ2v) is 5.16. The summed E-state index contributed by atoms with van der Waals surface area (Å²) in [5.74, 6) is 2.57. The van der Waals surface area contributed by atoms with Crippen LogP contribution in [0, 0.1) is 5.92 Å². The number of aromatic nitrogens is 1. The lowest BCUT2D eigenvalue weighted by Gasteiger charge is -2.19. The summed E-state index contributed by atoms with van der Waals surface area (Å²) in [5, 5.41) is 3.41. The Bertz CT molecular complexity index is 386. The van der Waals surface area contributed by atoms with Crippen LogP contribution in [0.3, 0.4) is 0 Å². The number of halogens is 1. The number of alkyl halides is 1. The van der Waals surface area contributed by atoms with Crippen LogP contribution in [0.2, 0.25) is 0 Å². The smallest absolute Gasteiger partial charge is 0.183 e. The maximum Gasteiger partial charge on any atom is 0.183 e. The lowest BCUT2D eigenvalue weighted by Crippen LogP contribution is -2.32. The molecule has 19 heavy (non-hydrogen) atoms. The molecule has 0 aliphatic rings. The summed E-state index contributed by atoms with van der Waals surface area (Å²) in [4.78, 5) is 4.33. The fourth-order valence-corrected chi connectivity index (χ4v) is 2.22. The second kappa shape index (κ2) is 8.23. The predicted octanol–water partition coefficient (Wildman–Crippen LogP) is 2.84. The molecule has 0 spiro atoms. The van der Waals surface area contributed by atoms with E-state index in [2.05, 4.69) is 24.1 Å². The van der Waals surface area contributed by atoms with Gasteiger partial charge >= 0.3 is 0 Å². The maximum absolute atomic E-state index is 5.97. The van der Waals surface area contributed by atoms with E-state index in [1.54, 1.807) is 26.5 Å². The second-order valence-electron chi connectivity index (χ2n) is 4.85. The molecular formula is C14H23ClN2O2. The van der Waals surface area contributed by atoms with Gasteiger partial charge in [0, 0.05) is 30.7 Å². The van der Waals surface area contributed by atoms with Crippen molar-refractivity contribution in [1.82, 2.24) is 10.3 Å². The van der Waals surface area contributed by atoms with Crippen molar-refractivity contribution in [2.24, 2.45) is 5.92 Å². The summed E-state index contributed by atoms with van der Waals surface area (Å²) in [6.45, 7) is 4.99. The van der Waals surface area contributed by atoms with Gasteiger partial charge in [-0.25, -0.2) is 0 Å². The molecule has 0 aromatic carbocycles. The lowest BCUT2D eigenvalue weighted by molar-refractivity contribution is 0.346. The van der Waals surface area contributed by atoms with Crippen molar-refractivity contribution in [3.05, 3.63) is 18.0 Å². The summed E-state index contributed by atoms with van der Waals surface area (Å²) in [6, 6.07) is 2.06. The summed E-state index contributed by atoms with van der Waals surface area (Å²) in [6.07, 6.45) is 2.76. The highest BCUT2D eigenvalue weighted by atomic mass is 35.5. The Kier molecular flexibility index (Phi) is 6.95. The molecule has 0 radical (unpaired) electrons. The third kappa shape index (κ3) is 4.88. The summed E-state index contributed by atoms with van der Waals surface area (Å²) in [5.41, 5.74) is 0.834. The number of nitrogens with one attached hydrogen (secondary N) is 1. The molecule has 1 atom stereocenters. The molecule has 4 nitrogen and oxygen atoms in total. The fourth-order valence-electron chi connectivity index (χ4n) is 1.99. The number of nitrogens with zero attached hydrogens (tertiary/aromatic N) is 1. The van der Waals surface area contributed by atoms with Gasteiger partial charge in [-0.1, -0.05) is 13.8 Å². The van der Waals surface area contributed by atoms with Gasteiger partial charge in [0.1, 0.15) is 0 Å². The average Bonchev–Trinajstić information content (AvgIpc) is 2.42. The molecule has 0 saturated heterocycles. The van der Waals surface area contributed by atoms with Crippen LogP contribution in [-0.4, -0.2) is 31.1 Å². The summed E-state index contributed by atoms with van der Waals surface area (Å²) in [7, 11) is 3.24. The molecule has 108 valence electrons. The Morgan fingerprint density at radius 1 is 1.32 bits per heavy atom. The van der Waals surface area contributed by atoms with Gasteiger partial charge in [-0.15, -0.1) is 11.6 Å². The summed E-state index contributed by atoms with van der Waals surface area (Å²) >= 11 is 5.97. The number of hydrogen-bond donors (Lipinski definition) is 1. The number of methoxy groups -OCH3 is 2. The van der Waals surface area contributed by atoms with E-state index in [0.717, 1.165) is 12.1 Å². The molecule has 0 bridgehead atoms. The van der Waals surface area contributed by atoms with E-state index in [4.69, 9.17) is 21.1 Å². The van der Waals surface area contributed by atoms with Gasteiger partial charge in [0.25, 0.3) is 0 Å². The number of rotatable bonds is 8.